The van der Waals surface area contributed by atoms with Crippen molar-refractivity contribution in [1.82, 2.24) is 0 Å². The van der Waals surface area contributed by atoms with Gasteiger partial charge in [-0.15, -0.1) is 0 Å². The number of esters is 1. The van der Waals surface area contributed by atoms with E-state index < -0.39 is 76.1 Å². The van der Waals surface area contributed by atoms with Crippen molar-refractivity contribution in [3.63, 3.8) is 0 Å². The van der Waals surface area contributed by atoms with Crippen LogP contribution in [0.25, 0.3) is 0 Å². The number of carbonyl (C=O) groups excluding carboxylic acids is 2. The molecule has 9 nitrogen and oxygen atoms in total. The maximum absolute atomic E-state index is 14.0. The monoisotopic (exact) mass is 496 g/mol. The standard InChI is InChI=1S/C26H40O9/c1-11(2)18(28)22(31)35-14-9-26(33)13(4)20-24(7,15(27)8-16-25(20,32)10-34-16)21(30)19(29)17(12(14)3)23(26,5)6/h11,13-16,18-20,27-29,32-33H,8-10H2,1-7H3. The number of hydrogen-bond acceptors (Lipinski definition) is 9. The van der Waals surface area contributed by atoms with E-state index in [4.69, 9.17) is 9.47 Å². The lowest BCUT2D eigenvalue weighted by Gasteiger charge is -2.67. The fourth-order valence-corrected chi connectivity index (χ4v) is 7.59. The highest BCUT2D eigenvalue weighted by molar-refractivity contribution is 5.93. The first-order valence-electron chi connectivity index (χ1n) is 12.5. The second-order valence-electron chi connectivity index (χ2n) is 12.3. The second kappa shape index (κ2) is 8.07. The number of aliphatic hydroxyl groups excluding tert-OH is 3. The third-order valence-corrected chi connectivity index (χ3v) is 9.98. The quantitative estimate of drug-likeness (QED) is 0.277. The van der Waals surface area contributed by atoms with Crippen molar-refractivity contribution in [1.29, 1.82) is 0 Å². The fourth-order valence-electron chi connectivity index (χ4n) is 7.59. The molecule has 5 N–H and O–H groups in total. The van der Waals surface area contributed by atoms with Gasteiger partial charge in [0.25, 0.3) is 0 Å². The van der Waals surface area contributed by atoms with Crippen LogP contribution in [0.2, 0.25) is 0 Å². The highest BCUT2D eigenvalue weighted by atomic mass is 16.6. The van der Waals surface area contributed by atoms with E-state index in [0.29, 0.717) is 5.57 Å². The molecule has 10 atom stereocenters. The summed E-state index contributed by atoms with van der Waals surface area (Å²) in [5.41, 5.74) is -5.11. The highest BCUT2D eigenvalue weighted by Crippen LogP contribution is 2.64. The average Bonchev–Trinajstić information content (AvgIpc) is 2.76. The zero-order valence-corrected chi connectivity index (χ0v) is 21.6. The van der Waals surface area contributed by atoms with E-state index in [0.717, 1.165) is 0 Å². The molecule has 10 unspecified atom stereocenters. The third kappa shape index (κ3) is 3.28. The van der Waals surface area contributed by atoms with E-state index in [1.165, 1.54) is 0 Å². The van der Waals surface area contributed by atoms with Gasteiger partial charge >= 0.3 is 5.97 Å². The Morgan fingerprint density at radius 1 is 1.17 bits per heavy atom. The molecule has 0 aromatic heterocycles. The maximum atomic E-state index is 14.0. The van der Waals surface area contributed by atoms with Gasteiger partial charge < -0.3 is 35.0 Å². The summed E-state index contributed by atoms with van der Waals surface area (Å²) < 4.78 is 11.2. The lowest BCUT2D eigenvalue weighted by atomic mass is 9.43. The van der Waals surface area contributed by atoms with Crippen LogP contribution >= 0.6 is 0 Å². The summed E-state index contributed by atoms with van der Waals surface area (Å²) in [6.07, 6.45) is -5.94. The second-order valence-corrected chi connectivity index (χ2v) is 12.3. The van der Waals surface area contributed by atoms with Gasteiger partial charge in [0.1, 0.15) is 17.8 Å². The number of ether oxygens (including phenoxy) is 2. The van der Waals surface area contributed by atoms with Crippen molar-refractivity contribution in [3.05, 3.63) is 11.1 Å². The van der Waals surface area contributed by atoms with E-state index >= 15 is 0 Å². The van der Waals surface area contributed by atoms with Gasteiger partial charge in [-0.05, 0) is 36.8 Å². The zero-order valence-electron chi connectivity index (χ0n) is 21.6. The van der Waals surface area contributed by atoms with E-state index in [9.17, 15) is 35.1 Å². The van der Waals surface area contributed by atoms with Crippen molar-refractivity contribution in [2.75, 3.05) is 6.61 Å². The van der Waals surface area contributed by atoms with Crippen LogP contribution in [0.5, 0.6) is 0 Å². The third-order valence-electron chi connectivity index (χ3n) is 9.98. The predicted octanol–water partition coefficient (Wildman–Crippen LogP) is 0.489. The van der Waals surface area contributed by atoms with Gasteiger partial charge in [-0.3, -0.25) is 4.79 Å². The van der Waals surface area contributed by atoms with Gasteiger partial charge in [0, 0.05) is 24.2 Å². The number of Topliss-reactive ketones (excluding diaryl/α,β-unsaturated/α-hetero) is 1. The molecule has 35 heavy (non-hydrogen) atoms. The van der Waals surface area contributed by atoms with E-state index in [-0.39, 0.29) is 30.9 Å². The molecule has 4 aliphatic rings. The Bertz CT molecular complexity index is 956. The number of carbonyl (C=O) groups is 2. The predicted molar refractivity (Wildman–Crippen MR) is 124 cm³/mol. The van der Waals surface area contributed by atoms with Crippen molar-refractivity contribution in [3.8, 4) is 0 Å². The molecule has 198 valence electrons. The number of ketones is 1. The number of rotatable bonds is 3. The Kier molecular flexibility index (Phi) is 6.15. The van der Waals surface area contributed by atoms with Crippen molar-refractivity contribution < 1.29 is 44.6 Å². The Labute approximate surface area is 206 Å². The summed E-state index contributed by atoms with van der Waals surface area (Å²) in [6, 6.07) is 0. The number of hydrogen-bond donors (Lipinski definition) is 5. The van der Waals surface area contributed by atoms with Crippen molar-refractivity contribution in [2.45, 2.75) is 103 Å². The van der Waals surface area contributed by atoms with E-state index in [1.54, 1.807) is 48.5 Å². The minimum absolute atomic E-state index is 0.0435. The van der Waals surface area contributed by atoms with Gasteiger partial charge in [-0.2, -0.15) is 0 Å². The molecular formula is C26H40O9. The summed E-state index contributed by atoms with van der Waals surface area (Å²) in [7, 11) is 0. The Morgan fingerprint density at radius 2 is 1.77 bits per heavy atom. The van der Waals surface area contributed by atoms with Crippen LogP contribution in [0, 0.1) is 28.6 Å². The molecule has 0 radical (unpaired) electrons. The van der Waals surface area contributed by atoms with Crippen LogP contribution in [0.1, 0.15) is 61.3 Å². The molecule has 0 amide bonds. The van der Waals surface area contributed by atoms with Crippen molar-refractivity contribution in [2.24, 2.45) is 28.6 Å². The summed E-state index contributed by atoms with van der Waals surface area (Å²) in [5.74, 6) is -3.56. The van der Waals surface area contributed by atoms with Gasteiger partial charge in [-0.25, -0.2) is 4.79 Å². The van der Waals surface area contributed by atoms with Crippen LogP contribution < -0.4 is 0 Å². The van der Waals surface area contributed by atoms with Gasteiger partial charge in [-0.1, -0.05) is 34.6 Å². The lowest BCUT2D eigenvalue weighted by molar-refractivity contribution is -0.335. The molecule has 1 aliphatic heterocycles. The molecule has 1 heterocycles. The molecule has 3 fully saturated rings. The summed E-state index contributed by atoms with van der Waals surface area (Å²) in [6.45, 7) is 11.7. The minimum atomic E-state index is -1.69. The van der Waals surface area contributed by atoms with Crippen LogP contribution in [0.3, 0.4) is 0 Å². The SMILES string of the molecule is CC1=C2C(O)C(=O)C3(C)C(O)CC4OCC4(O)C3C(C)C(O)(CC1OC(=O)C(O)C(C)C)C2(C)C. The van der Waals surface area contributed by atoms with E-state index in [1.807, 2.05) is 0 Å². The first-order chi connectivity index (χ1) is 16.0. The molecule has 2 bridgehead atoms. The van der Waals surface area contributed by atoms with Crippen LogP contribution in [-0.2, 0) is 19.1 Å². The largest absolute Gasteiger partial charge is 0.456 e. The summed E-state index contributed by atoms with van der Waals surface area (Å²) in [5, 5.41) is 56.9. The molecule has 1 saturated heterocycles. The Morgan fingerprint density at radius 3 is 2.29 bits per heavy atom. The molecular weight excluding hydrogens is 456 g/mol. The molecule has 3 aliphatic carbocycles. The minimum Gasteiger partial charge on any atom is -0.456 e. The normalized spacial score (nSPS) is 47.7. The Hall–Kier alpha value is -1.36. The maximum Gasteiger partial charge on any atom is 0.335 e. The van der Waals surface area contributed by atoms with Crippen LogP contribution in [0.15, 0.2) is 11.1 Å². The van der Waals surface area contributed by atoms with Crippen LogP contribution in [0.4, 0.5) is 0 Å². The zero-order chi connectivity index (χ0) is 26.5. The molecule has 4 rings (SSSR count). The first kappa shape index (κ1) is 26.7. The van der Waals surface area contributed by atoms with Gasteiger partial charge in [0.2, 0.25) is 0 Å². The smallest absolute Gasteiger partial charge is 0.335 e. The fraction of sp³-hybridized carbons (Fsp3) is 0.846. The van der Waals surface area contributed by atoms with Gasteiger partial charge in [0.05, 0.1) is 29.8 Å². The summed E-state index contributed by atoms with van der Waals surface area (Å²) >= 11 is 0. The average molecular weight is 497 g/mol. The number of fused-ring (bicyclic) bond motifs is 5. The molecule has 0 aromatic carbocycles. The molecule has 9 heteroatoms. The molecule has 2 saturated carbocycles. The van der Waals surface area contributed by atoms with Gasteiger partial charge in [0.15, 0.2) is 11.9 Å². The number of aliphatic hydroxyl groups is 5. The first-order valence-corrected chi connectivity index (χ1v) is 12.5. The van der Waals surface area contributed by atoms with Crippen molar-refractivity contribution >= 4 is 11.8 Å². The summed E-state index contributed by atoms with van der Waals surface area (Å²) in [4.78, 5) is 26.6. The van der Waals surface area contributed by atoms with Crippen LogP contribution in [-0.4, -0.2) is 85.6 Å². The highest BCUT2D eigenvalue weighted by Gasteiger charge is 2.74. The molecule has 0 spiro atoms. The molecule has 0 aromatic rings. The lowest BCUT2D eigenvalue weighted by Crippen LogP contribution is -2.78. The topological polar surface area (TPSA) is 154 Å². The Balaban J connectivity index is 1.90. The van der Waals surface area contributed by atoms with E-state index in [2.05, 4.69) is 0 Å².